The van der Waals surface area contributed by atoms with Crippen LogP contribution in [0.1, 0.15) is 41.3 Å². The number of hydrogen-bond donors (Lipinski definition) is 1. The molecule has 5 rings (SSSR count). The minimum Gasteiger partial charge on any atom is -0.388 e. The van der Waals surface area contributed by atoms with Crippen LogP contribution in [0.2, 0.25) is 0 Å². The lowest BCUT2D eigenvalue weighted by Gasteiger charge is -2.28. The number of rotatable bonds is 6. The molecule has 0 bridgehead atoms. The minimum atomic E-state index is -4.41. The fraction of sp³-hybridized carbons (Fsp3) is 0.286. The van der Waals surface area contributed by atoms with Crippen molar-refractivity contribution in [1.29, 1.82) is 0 Å². The second-order valence-electron chi connectivity index (χ2n) is 9.20. The van der Waals surface area contributed by atoms with Crippen molar-refractivity contribution < 1.29 is 27.1 Å². The first-order valence-corrected chi connectivity index (χ1v) is 11.9. The third-order valence-electron chi connectivity index (χ3n) is 6.85. The van der Waals surface area contributed by atoms with Crippen molar-refractivity contribution in [3.63, 3.8) is 0 Å². The molecule has 9 heteroatoms. The van der Waals surface area contributed by atoms with Gasteiger partial charge in [0.1, 0.15) is 11.6 Å². The lowest BCUT2D eigenvalue weighted by molar-refractivity contribution is -0.137. The standard InChI is InChI=1S/C28H25F5N2O.ClH/c29-20-7-3-18(4-8-20)27(36)2-1-14-34-15-13-26-24(17-34)23-16-21(30)9-12-25(23)35(26)22-10-5-19(6-11-22)28(31,32)33;/h3-12,16,27,36H,1-2,13-15,17H2;1H. The van der Waals surface area contributed by atoms with E-state index in [1.807, 2.05) is 4.57 Å². The molecule has 1 aliphatic rings. The second-order valence-corrected chi connectivity index (χ2v) is 9.20. The zero-order valence-corrected chi connectivity index (χ0v) is 20.6. The van der Waals surface area contributed by atoms with Crippen molar-refractivity contribution in [2.45, 2.75) is 38.1 Å². The van der Waals surface area contributed by atoms with E-state index in [0.29, 0.717) is 30.6 Å². The van der Waals surface area contributed by atoms with Gasteiger partial charge in [-0.05, 0) is 85.1 Å². The van der Waals surface area contributed by atoms with E-state index in [-0.39, 0.29) is 24.0 Å². The quantitative estimate of drug-likeness (QED) is 0.263. The van der Waals surface area contributed by atoms with Gasteiger partial charge in [0.05, 0.1) is 17.2 Å². The highest BCUT2D eigenvalue weighted by Gasteiger charge is 2.30. The Balaban J connectivity index is 0.00000320. The smallest absolute Gasteiger partial charge is 0.388 e. The van der Waals surface area contributed by atoms with Gasteiger partial charge < -0.3 is 9.67 Å². The van der Waals surface area contributed by atoms with E-state index in [1.54, 1.807) is 18.2 Å². The molecule has 0 fully saturated rings. The monoisotopic (exact) mass is 536 g/mol. The Hall–Kier alpha value is -2.94. The van der Waals surface area contributed by atoms with Gasteiger partial charge in [-0.2, -0.15) is 13.2 Å². The van der Waals surface area contributed by atoms with Crippen molar-refractivity contribution in [2.75, 3.05) is 13.1 Å². The van der Waals surface area contributed by atoms with E-state index >= 15 is 0 Å². The number of aliphatic hydroxyl groups excluding tert-OH is 1. The van der Waals surface area contributed by atoms with E-state index in [1.165, 1.54) is 36.4 Å². The van der Waals surface area contributed by atoms with Crippen LogP contribution < -0.4 is 0 Å². The highest BCUT2D eigenvalue weighted by atomic mass is 35.5. The summed E-state index contributed by atoms with van der Waals surface area (Å²) in [4.78, 5) is 2.24. The number of alkyl halides is 3. The maximum Gasteiger partial charge on any atom is 0.416 e. The van der Waals surface area contributed by atoms with Crippen molar-refractivity contribution in [3.05, 3.63) is 101 Å². The predicted octanol–water partition coefficient (Wildman–Crippen LogP) is 7.22. The van der Waals surface area contributed by atoms with E-state index in [9.17, 15) is 27.1 Å². The highest BCUT2D eigenvalue weighted by molar-refractivity contribution is 5.87. The molecule has 37 heavy (non-hydrogen) atoms. The third-order valence-corrected chi connectivity index (χ3v) is 6.85. The molecular weight excluding hydrogens is 511 g/mol. The number of nitrogens with zero attached hydrogens (tertiary/aromatic N) is 2. The molecule has 1 N–H and O–H groups in total. The number of fused-ring (bicyclic) bond motifs is 3. The van der Waals surface area contributed by atoms with Gasteiger partial charge in [-0.1, -0.05) is 12.1 Å². The number of halogens is 6. The zero-order valence-electron chi connectivity index (χ0n) is 19.8. The average molecular weight is 537 g/mol. The van der Waals surface area contributed by atoms with Gasteiger partial charge in [-0.25, -0.2) is 8.78 Å². The normalized spacial score (nSPS) is 14.9. The summed E-state index contributed by atoms with van der Waals surface area (Å²) in [6.45, 7) is 2.04. The van der Waals surface area contributed by atoms with Gasteiger partial charge in [-0.15, -0.1) is 12.4 Å². The topological polar surface area (TPSA) is 28.4 Å². The molecule has 0 saturated carbocycles. The molecule has 1 aromatic heterocycles. The van der Waals surface area contributed by atoms with E-state index in [0.717, 1.165) is 53.8 Å². The fourth-order valence-corrected chi connectivity index (χ4v) is 5.03. The summed E-state index contributed by atoms with van der Waals surface area (Å²) < 4.78 is 68.4. The molecule has 196 valence electrons. The Kier molecular flexibility index (Phi) is 7.92. The van der Waals surface area contributed by atoms with Crippen LogP contribution >= 0.6 is 12.4 Å². The van der Waals surface area contributed by atoms with Crippen molar-refractivity contribution >= 4 is 23.3 Å². The summed E-state index contributed by atoms with van der Waals surface area (Å²) in [7, 11) is 0. The molecule has 0 amide bonds. The lowest BCUT2D eigenvalue weighted by atomic mass is 10.0. The van der Waals surface area contributed by atoms with Crippen LogP contribution in [0, 0.1) is 11.6 Å². The van der Waals surface area contributed by atoms with Gasteiger partial charge >= 0.3 is 6.18 Å². The van der Waals surface area contributed by atoms with Crippen LogP contribution in [-0.2, 0) is 19.1 Å². The molecule has 0 spiro atoms. The van der Waals surface area contributed by atoms with Gasteiger partial charge in [0, 0.05) is 36.3 Å². The average Bonchev–Trinajstić information content (AvgIpc) is 3.17. The van der Waals surface area contributed by atoms with Crippen LogP contribution in [0.5, 0.6) is 0 Å². The van der Waals surface area contributed by atoms with Crippen molar-refractivity contribution in [1.82, 2.24) is 9.47 Å². The van der Waals surface area contributed by atoms with Crippen LogP contribution in [0.4, 0.5) is 22.0 Å². The Bertz CT molecular complexity index is 1370. The number of hydrogen-bond acceptors (Lipinski definition) is 2. The molecule has 1 aliphatic heterocycles. The van der Waals surface area contributed by atoms with Crippen LogP contribution in [0.15, 0.2) is 66.7 Å². The zero-order chi connectivity index (χ0) is 25.4. The summed E-state index contributed by atoms with van der Waals surface area (Å²) in [5, 5.41) is 11.2. The molecule has 4 aromatic rings. The molecule has 3 aromatic carbocycles. The van der Waals surface area contributed by atoms with Gasteiger partial charge in [-0.3, -0.25) is 4.90 Å². The number of aromatic nitrogens is 1. The number of aliphatic hydroxyl groups is 1. The molecular formula is C28H26ClF5N2O. The summed E-state index contributed by atoms with van der Waals surface area (Å²) in [6.07, 6.45) is -3.18. The minimum absolute atomic E-state index is 0. The maximum absolute atomic E-state index is 14.2. The second kappa shape index (κ2) is 10.8. The van der Waals surface area contributed by atoms with Crippen LogP contribution in [0.3, 0.4) is 0 Å². The van der Waals surface area contributed by atoms with Crippen LogP contribution in [-0.4, -0.2) is 27.7 Å². The van der Waals surface area contributed by atoms with E-state index < -0.39 is 17.8 Å². The fourth-order valence-electron chi connectivity index (χ4n) is 5.03. The van der Waals surface area contributed by atoms with Crippen molar-refractivity contribution in [2.24, 2.45) is 0 Å². The summed E-state index contributed by atoms with van der Waals surface area (Å²) in [5.74, 6) is -0.712. The summed E-state index contributed by atoms with van der Waals surface area (Å²) in [6, 6.07) is 15.4. The Morgan fingerprint density at radius 2 is 1.57 bits per heavy atom. The Morgan fingerprint density at radius 1 is 0.892 bits per heavy atom. The Labute approximate surface area is 217 Å². The number of benzene rings is 3. The first-order valence-electron chi connectivity index (χ1n) is 11.9. The molecule has 0 saturated heterocycles. The predicted molar refractivity (Wildman–Crippen MR) is 135 cm³/mol. The highest BCUT2D eigenvalue weighted by Crippen LogP contribution is 2.36. The molecule has 0 aliphatic carbocycles. The molecule has 2 heterocycles. The summed E-state index contributed by atoms with van der Waals surface area (Å²) in [5.41, 5.74) is 3.27. The first kappa shape index (κ1) is 27.1. The summed E-state index contributed by atoms with van der Waals surface area (Å²) >= 11 is 0. The third kappa shape index (κ3) is 5.66. The van der Waals surface area contributed by atoms with E-state index in [2.05, 4.69) is 4.90 Å². The molecule has 1 unspecified atom stereocenters. The largest absolute Gasteiger partial charge is 0.416 e. The van der Waals surface area contributed by atoms with Gasteiger partial charge in [0.2, 0.25) is 0 Å². The van der Waals surface area contributed by atoms with E-state index in [4.69, 9.17) is 0 Å². The van der Waals surface area contributed by atoms with Gasteiger partial charge in [0.15, 0.2) is 0 Å². The van der Waals surface area contributed by atoms with Crippen molar-refractivity contribution in [3.8, 4) is 5.69 Å². The molecule has 1 atom stereocenters. The molecule has 0 radical (unpaired) electrons. The van der Waals surface area contributed by atoms with Crippen LogP contribution in [0.25, 0.3) is 16.6 Å². The Morgan fingerprint density at radius 3 is 2.24 bits per heavy atom. The maximum atomic E-state index is 14.2. The SMILES string of the molecule is Cl.OC(CCCN1CCc2c(c3cc(F)ccc3n2-c2ccc(C(F)(F)F)cc2)C1)c1ccc(F)cc1. The lowest BCUT2D eigenvalue weighted by Crippen LogP contribution is -2.32. The van der Waals surface area contributed by atoms with Gasteiger partial charge in [0.25, 0.3) is 0 Å². The molecule has 3 nitrogen and oxygen atoms in total. The first-order chi connectivity index (χ1) is 17.2.